The van der Waals surface area contributed by atoms with E-state index in [2.05, 4.69) is 9.71 Å². The Morgan fingerprint density at radius 2 is 1.71 bits per heavy atom. The van der Waals surface area contributed by atoms with Gasteiger partial charge in [-0.05, 0) is 49.6 Å². The number of amidine groups is 1. The molecule has 0 atom stereocenters. The molecule has 0 bridgehead atoms. The van der Waals surface area contributed by atoms with Crippen LogP contribution in [0.5, 0.6) is 11.5 Å². The highest BCUT2D eigenvalue weighted by molar-refractivity contribution is 8.00. The third-order valence-corrected chi connectivity index (χ3v) is 6.19. The van der Waals surface area contributed by atoms with Gasteiger partial charge in [0.25, 0.3) is 10.0 Å². The molecule has 0 unspecified atom stereocenters. The van der Waals surface area contributed by atoms with Gasteiger partial charge in [0.05, 0.1) is 14.2 Å². The van der Waals surface area contributed by atoms with Crippen LogP contribution in [0.1, 0.15) is 23.6 Å². The molecule has 0 saturated carbocycles. The fourth-order valence-corrected chi connectivity index (χ4v) is 4.68. The summed E-state index contributed by atoms with van der Waals surface area (Å²) in [5, 5.41) is 0. The van der Waals surface area contributed by atoms with Crippen molar-refractivity contribution in [3.05, 3.63) is 64.7 Å². The van der Waals surface area contributed by atoms with Crippen molar-refractivity contribution in [3.8, 4) is 11.5 Å². The lowest BCUT2D eigenvalue weighted by Gasteiger charge is -2.09. The minimum absolute atomic E-state index is 0.283. The third kappa shape index (κ3) is 4.04. The van der Waals surface area contributed by atoms with Crippen molar-refractivity contribution in [2.24, 2.45) is 4.99 Å². The van der Waals surface area contributed by atoms with Crippen molar-refractivity contribution in [3.63, 3.8) is 0 Å². The summed E-state index contributed by atoms with van der Waals surface area (Å²) in [4.78, 5) is 4.77. The molecule has 6 nitrogen and oxygen atoms in total. The third-order valence-electron chi connectivity index (χ3n) is 4.65. The van der Waals surface area contributed by atoms with Crippen molar-refractivity contribution in [1.29, 1.82) is 0 Å². The number of hydrogen-bond donors (Lipinski definition) is 1. The smallest absolute Gasteiger partial charge is 0.264 e. The Morgan fingerprint density at radius 3 is 2.36 bits per heavy atom. The van der Waals surface area contributed by atoms with Crippen LogP contribution in [0, 0.1) is 6.92 Å². The molecule has 2 aromatic carbocycles. The summed E-state index contributed by atoms with van der Waals surface area (Å²) in [6.07, 6.45) is 0.596. The number of hydrogen-bond acceptors (Lipinski definition) is 5. The van der Waals surface area contributed by atoms with Crippen LogP contribution in [0.2, 0.25) is 0 Å². The maximum Gasteiger partial charge on any atom is 0.264 e. The van der Waals surface area contributed by atoms with E-state index in [9.17, 15) is 8.42 Å². The average molecular weight is 401 g/mol. The molecular formula is C21H24N2O4S. The predicted octanol–water partition coefficient (Wildman–Crippen LogP) is 3.32. The molecule has 1 heterocycles. The van der Waals surface area contributed by atoms with Crippen LogP contribution < -0.4 is 14.2 Å². The summed E-state index contributed by atoms with van der Waals surface area (Å²) in [6, 6.07) is 13.0. The molecule has 28 heavy (non-hydrogen) atoms. The molecule has 0 aromatic heterocycles. The zero-order chi connectivity index (χ0) is 20.3. The van der Waals surface area contributed by atoms with Crippen LogP contribution in [0.3, 0.4) is 0 Å². The van der Waals surface area contributed by atoms with Gasteiger partial charge in [0.2, 0.25) is 0 Å². The molecule has 2 aromatic rings. The number of ether oxygens (including phenoxy) is 2. The number of aryl methyl sites for hydroxylation is 1. The first-order chi connectivity index (χ1) is 13.4. The summed E-state index contributed by atoms with van der Waals surface area (Å²) < 4.78 is 38.4. The van der Waals surface area contributed by atoms with E-state index in [1.807, 2.05) is 49.4 Å². The van der Waals surface area contributed by atoms with Crippen molar-refractivity contribution in [1.82, 2.24) is 4.72 Å². The van der Waals surface area contributed by atoms with E-state index in [0.717, 1.165) is 22.6 Å². The molecular weight excluding hydrogens is 376 g/mol. The van der Waals surface area contributed by atoms with Gasteiger partial charge in [0.1, 0.15) is 22.2 Å². The van der Waals surface area contributed by atoms with E-state index in [-0.39, 0.29) is 4.91 Å². The van der Waals surface area contributed by atoms with Crippen LogP contribution in [-0.4, -0.2) is 35.0 Å². The van der Waals surface area contributed by atoms with Crippen LogP contribution >= 0.6 is 0 Å². The Labute approximate surface area is 166 Å². The lowest BCUT2D eigenvalue weighted by Crippen LogP contribution is -2.24. The second kappa shape index (κ2) is 8.06. The van der Waals surface area contributed by atoms with Gasteiger partial charge in [-0.3, -0.25) is 9.71 Å². The molecule has 148 valence electrons. The van der Waals surface area contributed by atoms with E-state index in [4.69, 9.17) is 9.47 Å². The highest BCUT2D eigenvalue weighted by atomic mass is 32.2. The predicted molar refractivity (Wildman–Crippen MR) is 111 cm³/mol. The first-order valence-corrected chi connectivity index (χ1v) is 10.4. The number of nitrogens with zero attached hydrogens (tertiary/aromatic N) is 1. The zero-order valence-corrected chi connectivity index (χ0v) is 17.3. The lowest BCUT2D eigenvalue weighted by molar-refractivity contribution is 0.399. The summed E-state index contributed by atoms with van der Waals surface area (Å²) in [6.45, 7) is 4.16. The molecule has 0 saturated heterocycles. The van der Waals surface area contributed by atoms with Crippen molar-refractivity contribution < 1.29 is 17.9 Å². The molecule has 3 rings (SSSR count). The quantitative estimate of drug-likeness (QED) is 0.807. The van der Waals surface area contributed by atoms with Crippen molar-refractivity contribution in [2.45, 2.75) is 20.3 Å². The number of aliphatic imine (C=N–C) groups is 1. The largest absolute Gasteiger partial charge is 0.497 e. The monoisotopic (exact) mass is 400 g/mol. The summed E-state index contributed by atoms with van der Waals surface area (Å²) in [5.41, 5.74) is 3.32. The van der Waals surface area contributed by atoms with E-state index in [1.54, 1.807) is 21.1 Å². The van der Waals surface area contributed by atoms with Crippen molar-refractivity contribution >= 4 is 20.8 Å². The van der Waals surface area contributed by atoms with Gasteiger partial charge in [-0.25, -0.2) is 8.42 Å². The molecule has 1 aliphatic rings. The Bertz CT molecular complexity index is 1040. The molecule has 1 aliphatic heterocycles. The molecule has 0 fully saturated rings. The van der Waals surface area contributed by atoms with Crippen LogP contribution in [0.25, 0.3) is 4.91 Å². The number of benzene rings is 2. The maximum atomic E-state index is 12.6. The normalized spacial score (nSPS) is 16.9. The zero-order valence-electron chi connectivity index (χ0n) is 16.4. The molecule has 7 heteroatoms. The number of nitrogens with one attached hydrogen (secondary N) is 1. The van der Waals surface area contributed by atoms with Crippen molar-refractivity contribution in [2.75, 3.05) is 20.8 Å². The van der Waals surface area contributed by atoms with Gasteiger partial charge in [0, 0.05) is 12.1 Å². The standard InChI is InChI=1S/C21H24N2O4S/c1-14-5-7-16(8-6-14)20-15(2)21(23-28(20,24)25)22-12-11-17-13-18(26-3)9-10-19(17)27-4/h5-10,13H,11-12H2,1-4H3,(H,22,23). The molecule has 1 N–H and O–H groups in total. The molecule has 0 amide bonds. The first kappa shape index (κ1) is 19.9. The second-order valence-corrected chi connectivity index (χ2v) is 8.20. The minimum Gasteiger partial charge on any atom is -0.497 e. The van der Waals surface area contributed by atoms with Crippen LogP contribution in [0.4, 0.5) is 0 Å². The van der Waals surface area contributed by atoms with E-state index in [0.29, 0.717) is 29.9 Å². The average Bonchev–Trinajstić information content (AvgIpc) is 2.91. The highest BCUT2D eigenvalue weighted by Gasteiger charge is 2.32. The number of methoxy groups -OCH3 is 2. The van der Waals surface area contributed by atoms with E-state index in [1.165, 1.54) is 0 Å². The van der Waals surface area contributed by atoms with Gasteiger partial charge in [-0.1, -0.05) is 29.8 Å². The Balaban J connectivity index is 1.85. The molecule has 0 radical (unpaired) electrons. The first-order valence-electron chi connectivity index (χ1n) is 8.92. The topological polar surface area (TPSA) is 77.0 Å². The van der Waals surface area contributed by atoms with E-state index >= 15 is 0 Å². The summed E-state index contributed by atoms with van der Waals surface area (Å²) in [5.74, 6) is 1.88. The fourth-order valence-electron chi connectivity index (χ4n) is 3.16. The lowest BCUT2D eigenvalue weighted by atomic mass is 10.1. The Morgan fingerprint density at radius 1 is 1.00 bits per heavy atom. The summed E-state index contributed by atoms with van der Waals surface area (Å²) >= 11 is 0. The Kier molecular flexibility index (Phi) is 5.74. The van der Waals surface area contributed by atoms with Gasteiger partial charge >= 0.3 is 0 Å². The second-order valence-electron chi connectivity index (χ2n) is 6.58. The van der Waals surface area contributed by atoms with Gasteiger partial charge in [-0.15, -0.1) is 0 Å². The molecule has 0 spiro atoms. The number of sulfonamides is 1. The van der Waals surface area contributed by atoms with Crippen LogP contribution in [0.15, 0.2) is 53.0 Å². The maximum absolute atomic E-state index is 12.6. The highest BCUT2D eigenvalue weighted by Crippen LogP contribution is 2.30. The van der Waals surface area contributed by atoms with Gasteiger partial charge < -0.3 is 9.47 Å². The van der Waals surface area contributed by atoms with Crippen LogP contribution in [-0.2, 0) is 16.4 Å². The number of rotatable bonds is 6. The SMILES string of the molecule is COc1ccc(OC)c(CCN=C2NS(=O)(=O)C(c3ccc(C)cc3)=C2C)c1. The van der Waals surface area contributed by atoms with Gasteiger partial charge in [-0.2, -0.15) is 0 Å². The fraction of sp³-hybridized carbons (Fsp3) is 0.286. The van der Waals surface area contributed by atoms with E-state index < -0.39 is 10.0 Å². The summed E-state index contributed by atoms with van der Waals surface area (Å²) in [7, 11) is -0.391. The Hall–Kier alpha value is -2.80. The van der Waals surface area contributed by atoms with Gasteiger partial charge in [0.15, 0.2) is 0 Å². The minimum atomic E-state index is -3.62. The molecule has 0 aliphatic carbocycles.